The van der Waals surface area contributed by atoms with E-state index in [0.717, 1.165) is 17.9 Å². The lowest BCUT2D eigenvalue weighted by Crippen LogP contribution is -2.60. The SMILES string of the molecule is CNC(C1CC1)C1(N(C)C)CCC(C)CC1. The zero-order valence-corrected chi connectivity index (χ0v) is 11.4. The predicted molar refractivity (Wildman–Crippen MR) is 69.6 cm³/mol. The Morgan fingerprint density at radius 1 is 1.12 bits per heavy atom. The highest BCUT2D eigenvalue weighted by Crippen LogP contribution is 2.45. The molecule has 1 N–H and O–H groups in total. The van der Waals surface area contributed by atoms with Crippen molar-refractivity contribution in [3.8, 4) is 0 Å². The zero-order valence-electron chi connectivity index (χ0n) is 11.4. The maximum atomic E-state index is 3.63. The van der Waals surface area contributed by atoms with Crippen LogP contribution < -0.4 is 5.32 Å². The highest BCUT2D eigenvalue weighted by atomic mass is 15.2. The molecule has 1 atom stereocenters. The molecule has 0 aromatic carbocycles. The van der Waals surface area contributed by atoms with E-state index in [1.807, 2.05) is 0 Å². The second-order valence-corrected chi connectivity index (χ2v) is 6.28. The lowest BCUT2D eigenvalue weighted by Gasteiger charge is -2.50. The highest BCUT2D eigenvalue weighted by Gasteiger charge is 2.48. The van der Waals surface area contributed by atoms with E-state index >= 15 is 0 Å². The van der Waals surface area contributed by atoms with Crippen molar-refractivity contribution in [1.82, 2.24) is 10.2 Å². The molecule has 2 heteroatoms. The molecule has 0 radical (unpaired) electrons. The van der Waals surface area contributed by atoms with Gasteiger partial charge in [0.1, 0.15) is 0 Å². The van der Waals surface area contributed by atoms with E-state index in [9.17, 15) is 0 Å². The van der Waals surface area contributed by atoms with Crippen LogP contribution >= 0.6 is 0 Å². The topological polar surface area (TPSA) is 15.3 Å². The van der Waals surface area contributed by atoms with Crippen LogP contribution in [0.25, 0.3) is 0 Å². The first kappa shape index (κ1) is 12.4. The Balaban J connectivity index is 2.13. The summed E-state index contributed by atoms with van der Waals surface area (Å²) in [5, 5.41) is 3.63. The zero-order chi connectivity index (χ0) is 11.8. The third-order valence-electron chi connectivity index (χ3n) is 5.01. The van der Waals surface area contributed by atoms with Crippen molar-refractivity contribution in [2.45, 2.75) is 57.0 Å². The van der Waals surface area contributed by atoms with Gasteiger partial charge in [0.05, 0.1) is 0 Å². The molecule has 2 aliphatic carbocycles. The Morgan fingerprint density at radius 2 is 1.69 bits per heavy atom. The Bertz CT molecular complexity index is 225. The average molecular weight is 224 g/mol. The van der Waals surface area contributed by atoms with Crippen molar-refractivity contribution in [2.75, 3.05) is 21.1 Å². The van der Waals surface area contributed by atoms with E-state index in [-0.39, 0.29) is 0 Å². The molecule has 0 aliphatic heterocycles. The average Bonchev–Trinajstić information content (AvgIpc) is 3.06. The van der Waals surface area contributed by atoms with Crippen molar-refractivity contribution in [3.05, 3.63) is 0 Å². The summed E-state index contributed by atoms with van der Waals surface area (Å²) in [5.74, 6) is 1.88. The van der Waals surface area contributed by atoms with Gasteiger partial charge in [0.15, 0.2) is 0 Å². The lowest BCUT2D eigenvalue weighted by atomic mass is 9.70. The standard InChI is InChI=1S/C14H28N2/c1-11-7-9-14(10-8-11,16(3)4)13(15-2)12-5-6-12/h11-13,15H,5-10H2,1-4H3. The Labute approximate surface area is 101 Å². The Morgan fingerprint density at radius 3 is 2.06 bits per heavy atom. The molecule has 0 amide bonds. The fourth-order valence-electron chi connectivity index (χ4n) is 3.67. The van der Waals surface area contributed by atoms with E-state index in [1.54, 1.807) is 0 Å². The van der Waals surface area contributed by atoms with Gasteiger partial charge in [-0.15, -0.1) is 0 Å². The molecule has 2 aliphatic rings. The summed E-state index contributed by atoms with van der Waals surface area (Å²) in [6.45, 7) is 2.41. The van der Waals surface area contributed by atoms with Crippen LogP contribution in [0.2, 0.25) is 0 Å². The van der Waals surface area contributed by atoms with Crippen molar-refractivity contribution in [2.24, 2.45) is 11.8 Å². The van der Waals surface area contributed by atoms with Gasteiger partial charge in [-0.25, -0.2) is 0 Å². The van der Waals surface area contributed by atoms with Gasteiger partial charge in [-0.05, 0) is 71.5 Å². The molecule has 0 aromatic rings. The molecular formula is C14H28N2. The molecule has 0 heterocycles. The van der Waals surface area contributed by atoms with Gasteiger partial charge in [-0.1, -0.05) is 6.92 Å². The number of rotatable bonds is 4. The minimum absolute atomic E-state index is 0.433. The van der Waals surface area contributed by atoms with Crippen LogP contribution in [0.3, 0.4) is 0 Å². The second kappa shape index (κ2) is 4.66. The minimum Gasteiger partial charge on any atom is -0.315 e. The number of likely N-dealkylation sites (N-methyl/N-ethyl adjacent to an activating group) is 2. The van der Waals surface area contributed by atoms with Crippen molar-refractivity contribution in [1.29, 1.82) is 0 Å². The molecular weight excluding hydrogens is 196 g/mol. The highest BCUT2D eigenvalue weighted by molar-refractivity contribution is 5.06. The van der Waals surface area contributed by atoms with Crippen LogP contribution in [-0.4, -0.2) is 37.6 Å². The fourth-order valence-corrected chi connectivity index (χ4v) is 3.67. The number of nitrogens with one attached hydrogen (secondary N) is 1. The predicted octanol–water partition coefficient (Wildman–Crippen LogP) is 2.49. The molecule has 1 unspecified atom stereocenters. The molecule has 2 rings (SSSR count). The second-order valence-electron chi connectivity index (χ2n) is 6.28. The van der Waals surface area contributed by atoms with Gasteiger partial charge in [0, 0.05) is 11.6 Å². The molecule has 2 nitrogen and oxygen atoms in total. The van der Waals surface area contributed by atoms with E-state index in [4.69, 9.17) is 0 Å². The van der Waals surface area contributed by atoms with Gasteiger partial charge < -0.3 is 10.2 Å². The molecule has 0 saturated heterocycles. The minimum atomic E-state index is 0.433. The monoisotopic (exact) mass is 224 g/mol. The van der Waals surface area contributed by atoms with Crippen molar-refractivity contribution >= 4 is 0 Å². The van der Waals surface area contributed by atoms with Gasteiger partial charge in [0.2, 0.25) is 0 Å². The third kappa shape index (κ3) is 2.14. The Hall–Kier alpha value is -0.0800. The molecule has 0 aromatic heterocycles. The van der Waals surface area contributed by atoms with Gasteiger partial charge in [0.25, 0.3) is 0 Å². The maximum absolute atomic E-state index is 3.63. The van der Waals surface area contributed by atoms with Gasteiger partial charge >= 0.3 is 0 Å². The van der Waals surface area contributed by atoms with Crippen LogP contribution in [0.5, 0.6) is 0 Å². The first-order chi connectivity index (χ1) is 7.60. The van der Waals surface area contributed by atoms with E-state index in [0.29, 0.717) is 5.54 Å². The number of hydrogen-bond donors (Lipinski definition) is 1. The van der Waals surface area contributed by atoms with Crippen LogP contribution in [-0.2, 0) is 0 Å². The molecule has 0 bridgehead atoms. The molecule has 2 saturated carbocycles. The summed E-state index contributed by atoms with van der Waals surface area (Å²) >= 11 is 0. The Kier molecular flexibility index (Phi) is 3.60. The van der Waals surface area contributed by atoms with E-state index in [1.165, 1.54) is 38.5 Å². The lowest BCUT2D eigenvalue weighted by molar-refractivity contribution is 0.0383. The quantitative estimate of drug-likeness (QED) is 0.789. The largest absolute Gasteiger partial charge is 0.315 e. The summed E-state index contributed by atoms with van der Waals surface area (Å²) in [7, 11) is 6.72. The maximum Gasteiger partial charge on any atom is 0.0359 e. The van der Waals surface area contributed by atoms with Gasteiger partial charge in [-0.3, -0.25) is 0 Å². The molecule has 0 spiro atoms. The first-order valence-electron chi connectivity index (χ1n) is 6.95. The van der Waals surface area contributed by atoms with Crippen LogP contribution in [0, 0.1) is 11.8 Å². The number of nitrogens with zero attached hydrogens (tertiary/aromatic N) is 1. The molecule has 16 heavy (non-hydrogen) atoms. The van der Waals surface area contributed by atoms with Crippen molar-refractivity contribution < 1.29 is 0 Å². The number of hydrogen-bond acceptors (Lipinski definition) is 2. The summed E-state index contributed by atoms with van der Waals surface area (Å²) in [6, 6.07) is 0.718. The smallest absolute Gasteiger partial charge is 0.0359 e. The van der Waals surface area contributed by atoms with Crippen LogP contribution in [0.4, 0.5) is 0 Å². The third-order valence-corrected chi connectivity index (χ3v) is 5.01. The summed E-state index contributed by atoms with van der Waals surface area (Å²) in [6.07, 6.45) is 8.45. The normalized spacial score (nSPS) is 37.7. The summed E-state index contributed by atoms with van der Waals surface area (Å²) in [5.41, 5.74) is 0.433. The van der Waals surface area contributed by atoms with Crippen LogP contribution in [0.1, 0.15) is 45.4 Å². The molecule has 2 fully saturated rings. The van der Waals surface area contributed by atoms with Gasteiger partial charge in [-0.2, -0.15) is 0 Å². The van der Waals surface area contributed by atoms with E-state index < -0.39 is 0 Å². The van der Waals surface area contributed by atoms with Crippen molar-refractivity contribution in [3.63, 3.8) is 0 Å². The fraction of sp³-hybridized carbons (Fsp3) is 1.00. The van der Waals surface area contributed by atoms with E-state index in [2.05, 4.69) is 38.3 Å². The summed E-state index contributed by atoms with van der Waals surface area (Å²) in [4.78, 5) is 2.51. The van der Waals surface area contributed by atoms with Crippen LogP contribution in [0.15, 0.2) is 0 Å². The summed E-state index contributed by atoms with van der Waals surface area (Å²) < 4.78 is 0. The molecule has 94 valence electrons. The first-order valence-corrected chi connectivity index (χ1v) is 6.95.